The summed E-state index contributed by atoms with van der Waals surface area (Å²) in [6, 6.07) is 12.4. The predicted octanol–water partition coefficient (Wildman–Crippen LogP) is 4.34. The SMILES string of the molecule is CS(=O)c1ccc2c(c1)c1c(n2CCN2CCSCC2)CCC(OS(=O)(=O)c2ccccc2Cl)C1. The zero-order chi connectivity index (χ0) is 24.6. The molecule has 0 N–H and O–H groups in total. The third-order valence-electron chi connectivity index (χ3n) is 6.84. The molecule has 1 fully saturated rings. The molecule has 2 heterocycles. The molecule has 10 heteroatoms. The number of fused-ring (bicyclic) bond motifs is 3. The summed E-state index contributed by atoms with van der Waals surface area (Å²) in [5, 5.41) is 1.21. The van der Waals surface area contributed by atoms with E-state index in [9.17, 15) is 12.6 Å². The molecule has 6 nitrogen and oxygen atoms in total. The van der Waals surface area contributed by atoms with Crippen molar-refractivity contribution in [1.29, 1.82) is 0 Å². The number of rotatable bonds is 7. The van der Waals surface area contributed by atoms with Crippen LogP contribution in [0.15, 0.2) is 52.3 Å². The third kappa shape index (κ3) is 5.36. The van der Waals surface area contributed by atoms with E-state index in [1.54, 1.807) is 24.5 Å². The van der Waals surface area contributed by atoms with Crippen LogP contribution in [0.1, 0.15) is 17.7 Å². The molecule has 1 saturated heterocycles. The van der Waals surface area contributed by atoms with E-state index in [4.69, 9.17) is 15.8 Å². The van der Waals surface area contributed by atoms with Crippen LogP contribution in [0.25, 0.3) is 10.9 Å². The molecule has 2 unspecified atom stereocenters. The van der Waals surface area contributed by atoms with Gasteiger partial charge in [-0.1, -0.05) is 23.7 Å². The van der Waals surface area contributed by atoms with Crippen molar-refractivity contribution < 1.29 is 16.8 Å². The van der Waals surface area contributed by atoms with Gasteiger partial charge in [0.05, 0.1) is 11.1 Å². The summed E-state index contributed by atoms with van der Waals surface area (Å²) < 4.78 is 46.2. The van der Waals surface area contributed by atoms with E-state index in [1.165, 1.54) is 23.3 Å². The largest absolute Gasteiger partial charge is 0.343 e. The quantitative estimate of drug-likeness (QED) is 0.406. The van der Waals surface area contributed by atoms with Crippen LogP contribution in [0.2, 0.25) is 5.02 Å². The summed E-state index contributed by atoms with van der Waals surface area (Å²) >= 11 is 8.15. The van der Waals surface area contributed by atoms with Gasteiger partial charge in [0.25, 0.3) is 10.1 Å². The molecule has 2 atom stereocenters. The Balaban J connectivity index is 1.45. The standard InChI is InChI=1S/C25H29ClN2O4S3/c1-34(29)19-7-9-24-21(17-19)20-16-18(32-35(30,31)25-5-3-2-4-22(25)26)6-8-23(20)28(24)11-10-27-12-14-33-15-13-27/h2-5,7,9,17-18H,6,8,10-16H2,1H3. The second-order valence-electron chi connectivity index (χ2n) is 9.01. The van der Waals surface area contributed by atoms with Gasteiger partial charge in [0.2, 0.25) is 0 Å². The van der Waals surface area contributed by atoms with Crippen molar-refractivity contribution >= 4 is 55.2 Å². The van der Waals surface area contributed by atoms with Crippen molar-refractivity contribution in [2.24, 2.45) is 0 Å². The lowest BCUT2D eigenvalue weighted by Gasteiger charge is -2.28. The fraction of sp³-hybridized carbons (Fsp3) is 0.440. The highest BCUT2D eigenvalue weighted by Crippen LogP contribution is 2.36. The number of aromatic nitrogens is 1. The van der Waals surface area contributed by atoms with Crippen molar-refractivity contribution in [3.05, 3.63) is 58.7 Å². The van der Waals surface area contributed by atoms with Gasteiger partial charge in [-0.15, -0.1) is 0 Å². The first-order valence-corrected chi connectivity index (χ1v) is 16.3. The fourth-order valence-electron chi connectivity index (χ4n) is 5.06. The van der Waals surface area contributed by atoms with Crippen LogP contribution in [0, 0.1) is 0 Å². The van der Waals surface area contributed by atoms with Gasteiger partial charge in [0, 0.05) is 82.7 Å². The van der Waals surface area contributed by atoms with Crippen molar-refractivity contribution in [3.8, 4) is 0 Å². The Bertz CT molecular complexity index is 1370. The van der Waals surface area contributed by atoms with Crippen LogP contribution in [0.3, 0.4) is 0 Å². The lowest BCUT2D eigenvalue weighted by Crippen LogP contribution is -2.35. The van der Waals surface area contributed by atoms with Gasteiger partial charge in [-0.3, -0.25) is 13.3 Å². The maximum Gasteiger partial charge on any atom is 0.298 e. The van der Waals surface area contributed by atoms with Gasteiger partial charge in [0.1, 0.15) is 4.90 Å². The van der Waals surface area contributed by atoms with Crippen LogP contribution in [0.5, 0.6) is 0 Å². The minimum absolute atomic E-state index is 0.00162. The minimum Gasteiger partial charge on any atom is -0.343 e. The number of hydrogen-bond acceptors (Lipinski definition) is 6. The molecule has 1 aliphatic heterocycles. The molecule has 35 heavy (non-hydrogen) atoms. The number of benzene rings is 2. The van der Waals surface area contributed by atoms with Crippen LogP contribution >= 0.6 is 23.4 Å². The third-order valence-corrected chi connectivity index (χ3v) is 10.6. The van der Waals surface area contributed by atoms with Crippen molar-refractivity contribution in [2.45, 2.75) is 41.7 Å². The molecule has 5 rings (SSSR count). The molecular formula is C25H29ClN2O4S3. The summed E-state index contributed by atoms with van der Waals surface area (Å²) in [5.41, 5.74) is 3.46. The molecule has 0 saturated carbocycles. The Hall–Kier alpha value is -1.36. The lowest BCUT2D eigenvalue weighted by molar-refractivity contribution is 0.191. The second kappa shape index (κ2) is 10.6. The molecule has 1 aliphatic carbocycles. The van der Waals surface area contributed by atoms with Crippen molar-refractivity contribution in [1.82, 2.24) is 9.47 Å². The Labute approximate surface area is 218 Å². The topological polar surface area (TPSA) is 68.6 Å². The highest BCUT2D eigenvalue weighted by atomic mass is 35.5. The summed E-state index contributed by atoms with van der Waals surface area (Å²) in [7, 11) is -5.08. The van der Waals surface area contributed by atoms with E-state index in [0.717, 1.165) is 54.0 Å². The Kier molecular flexibility index (Phi) is 7.63. The number of halogens is 1. The maximum atomic E-state index is 13.0. The van der Waals surface area contributed by atoms with Gasteiger partial charge >= 0.3 is 0 Å². The molecule has 0 amide bonds. The molecule has 188 valence electrons. The summed E-state index contributed by atoms with van der Waals surface area (Å²) in [6.45, 7) is 4.09. The summed E-state index contributed by atoms with van der Waals surface area (Å²) in [5.74, 6) is 2.35. The smallest absolute Gasteiger partial charge is 0.298 e. The van der Waals surface area contributed by atoms with E-state index in [0.29, 0.717) is 12.8 Å². The number of thioether (sulfide) groups is 1. The number of hydrogen-bond donors (Lipinski definition) is 0. The molecular weight excluding hydrogens is 524 g/mol. The van der Waals surface area contributed by atoms with Gasteiger partial charge < -0.3 is 4.57 Å². The first kappa shape index (κ1) is 25.3. The zero-order valence-corrected chi connectivity index (χ0v) is 22.8. The first-order chi connectivity index (χ1) is 16.8. The second-order valence-corrected chi connectivity index (χ2v) is 13.6. The van der Waals surface area contributed by atoms with E-state index in [-0.39, 0.29) is 9.92 Å². The zero-order valence-electron chi connectivity index (χ0n) is 19.6. The average Bonchev–Trinajstić information content (AvgIpc) is 3.15. The highest BCUT2D eigenvalue weighted by molar-refractivity contribution is 7.99. The monoisotopic (exact) mass is 552 g/mol. The molecule has 2 aliphatic rings. The van der Waals surface area contributed by atoms with E-state index in [1.807, 2.05) is 23.9 Å². The highest BCUT2D eigenvalue weighted by Gasteiger charge is 2.31. The van der Waals surface area contributed by atoms with Gasteiger partial charge in [0.15, 0.2) is 0 Å². The van der Waals surface area contributed by atoms with Gasteiger partial charge in [-0.25, -0.2) is 0 Å². The summed E-state index contributed by atoms with van der Waals surface area (Å²) in [4.78, 5) is 3.28. The van der Waals surface area contributed by atoms with Crippen molar-refractivity contribution in [2.75, 3.05) is 37.4 Å². The minimum atomic E-state index is -3.98. The predicted molar refractivity (Wildman–Crippen MR) is 144 cm³/mol. The van der Waals surface area contributed by atoms with E-state index in [2.05, 4.69) is 15.5 Å². The van der Waals surface area contributed by atoms with Crippen LogP contribution in [-0.2, 0) is 44.5 Å². The Morgan fingerprint density at radius 2 is 1.91 bits per heavy atom. The number of nitrogens with zero attached hydrogens (tertiary/aromatic N) is 2. The van der Waals surface area contributed by atoms with Crippen LogP contribution in [0.4, 0.5) is 0 Å². The van der Waals surface area contributed by atoms with Crippen LogP contribution in [-0.4, -0.2) is 65.6 Å². The molecule has 2 aromatic carbocycles. The molecule has 1 aromatic heterocycles. The maximum absolute atomic E-state index is 13.0. The molecule has 0 radical (unpaired) electrons. The fourth-order valence-corrected chi connectivity index (χ4v) is 8.18. The average molecular weight is 553 g/mol. The molecule has 0 spiro atoms. The van der Waals surface area contributed by atoms with Crippen LogP contribution < -0.4 is 0 Å². The van der Waals surface area contributed by atoms with Gasteiger partial charge in [-0.05, 0) is 48.7 Å². The normalized spacial score (nSPS) is 20.1. The lowest BCUT2D eigenvalue weighted by atomic mass is 9.93. The van der Waals surface area contributed by atoms with Gasteiger partial charge in [-0.2, -0.15) is 20.2 Å². The van der Waals surface area contributed by atoms with E-state index < -0.39 is 27.0 Å². The summed E-state index contributed by atoms with van der Waals surface area (Å²) in [6.07, 6.45) is 3.04. The molecule has 3 aromatic rings. The Morgan fingerprint density at radius 1 is 1.14 bits per heavy atom. The molecule has 0 bridgehead atoms. The first-order valence-electron chi connectivity index (χ1n) is 11.8. The van der Waals surface area contributed by atoms with Crippen molar-refractivity contribution in [3.63, 3.8) is 0 Å². The Morgan fingerprint density at radius 3 is 2.66 bits per heavy atom. The van der Waals surface area contributed by atoms with E-state index >= 15 is 0 Å².